The van der Waals surface area contributed by atoms with E-state index in [4.69, 9.17) is 14.7 Å². The van der Waals surface area contributed by atoms with E-state index >= 15 is 0 Å². The van der Waals surface area contributed by atoms with Gasteiger partial charge in [-0.05, 0) is 114 Å². The fraction of sp³-hybridized carbons (Fsp3) is 0.0345. The molecule has 6 nitrogen and oxygen atoms in total. The van der Waals surface area contributed by atoms with Gasteiger partial charge < -0.3 is 4.74 Å². The normalized spacial score (nSPS) is 17.2. The summed E-state index contributed by atoms with van der Waals surface area (Å²) in [7, 11) is 0. The maximum Gasteiger partial charge on any atom is 0.345 e. The van der Waals surface area contributed by atoms with Crippen molar-refractivity contribution in [2.24, 2.45) is 0 Å². The molecular weight excluding hydrogens is 804 g/mol. The average molecular weight is 835 g/mol. The number of pyridine rings is 4. The Balaban J connectivity index is 1.05. The average Bonchev–Trinajstić information content (AvgIpc) is 4.09. The van der Waals surface area contributed by atoms with E-state index in [9.17, 15) is 0 Å². The van der Waals surface area contributed by atoms with Crippen LogP contribution in [0.2, 0.25) is 0 Å². The van der Waals surface area contributed by atoms with Crippen LogP contribution in [0.3, 0.4) is 0 Å². The van der Waals surface area contributed by atoms with Gasteiger partial charge in [0, 0.05) is 44.8 Å². The molecule has 0 saturated carbocycles. The van der Waals surface area contributed by atoms with Crippen molar-refractivity contribution in [2.45, 2.75) is 10.8 Å². The molecule has 4 aromatic heterocycles. The smallest absolute Gasteiger partial charge is 0.345 e. The number of nitrogens with zero attached hydrogens (tertiary/aromatic N) is 5. The highest BCUT2D eigenvalue weighted by atomic mass is 16.5. The highest BCUT2D eigenvalue weighted by Gasteiger charge is 2.78. The molecule has 19 rings (SSSR count). The van der Waals surface area contributed by atoms with Gasteiger partial charge >= 0.3 is 13.4 Å². The zero-order valence-electron chi connectivity index (χ0n) is 35.1. The summed E-state index contributed by atoms with van der Waals surface area (Å²) in [5, 5.41) is 0. The Labute approximate surface area is 379 Å². The van der Waals surface area contributed by atoms with Crippen LogP contribution in [0.1, 0.15) is 44.5 Å². The zero-order valence-corrected chi connectivity index (χ0v) is 35.1. The van der Waals surface area contributed by atoms with Crippen molar-refractivity contribution in [3.05, 3.63) is 227 Å². The molecule has 10 aromatic rings. The second kappa shape index (κ2) is 10.0. The second-order valence-electron chi connectivity index (χ2n) is 19.5. The van der Waals surface area contributed by atoms with E-state index in [1.54, 1.807) is 0 Å². The van der Waals surface area contributed by atoms with Gasteiger partial charge in [-0.2, -0.15) is 0 Å². The van der Waals surface area contributed by atoms with Crippen molar-refractivity contribution in [1.82, 2.24) is 14.7 Å². The largest absolute Gasteiger partial charge is 0.444 e. The first-order valence-electron chi connectivity index (χ1n) is 23.2. The van der Waals surface area contributed by atoms with Crippen LogP contribution in [-0.2, 0) is 10.8 Å². The van der Waals surface area contributed by atoms with Crippen molar-refractivity contribution < 1.29 is 14.1 Å². The van der Waals surface area contributed by atoms with Gasteiger partial charge in [0.1, 0.15) is 0 Å². The molecule has 0 bridgehead atoms. The molecule has 0 fully saturated rings. The summed E-state index contributed by atoms with van der Waals surface area (Å²) in [6.45, 7) is -0.103. The SMILES string of the molecule is c1ccc2c(c1)-c1ccccc1C21c2ccnc3c2B2c4c1ccc1c4[N+]4(c5c(ccc6c5B5c7c(ccnc7-c7ccc[n+]4c75)C64c5ccccc5-c5ccccc54)O1)[n+]1cccc-3c12. The minimum Gasteiger partial charge on any atom is -0.444 e. The third kappa shape index (κ3) is 2.87. The van der Waals surface area contributed by atoms with Gasteiger partial charge in [-0.1, -0.05) is 109 Å². The van der Waals surface area contributed by atoms with E-state index in [0.29, 0.717) is 4.70 Å². The number of hydrogen-bond acceptors (Lipinski definition) is 3. The minimum absolute atomic E-state index is 0.0516. The predicted octanol–water partition coefficient (Wildman–Crippen LogP) is 5.70. The molecule has 66 heavy (non-hydrogen) atoms. The van der Waals surface area contributed by atoms with Gasteiger partial charge in [0.05, 0.1) is 33.3 Å². The third-order valence-corrected chi connectivity index (χ3v) is 17.6. The van der Waals surface area contributed by atoms with Crippen LogP contribution in [0.4, 0.5) is 11.4 Å². The number of hydrogen-bond donors (Lipinski definition) is 0. The van der Waals surface area contributed by atoms with Gasteiger partial charge in [-0.3, -0.25) is 9.97 Å². The van der Waals surface area contributed by atoms with E-state index in [0.717, 1.165) is 22.9 Å². The molecule has 0 saturated heterocycles. The van der Waals surface area contributed by atoms with E-state index < -0.39 is 10.8 Å². The highest BCUT2D eigenvalue weighted by molar-refractivity contribution is 7.01. The van der Waals surface area contributed by atoms with Gasteiger partial charge in [-0.15, -0.1) is 0 Å². The zero-order chi connectivity index (χ0) is 42.2. The van der Waals surface area contributed by atoms with Crippen LogP contribution < -0.4 is 51.8 Å². The molecule has 3 spiro atoms. The minimum atomic E-state index is -0.580. The fourth-order valence-electron chi connectivity index (χ4n) is 15.9. The van der Waals surface area contributed by atoms with Crippen LogP contribution in [0.25, 0.3) is 44.8 Å². The van der Waals surface area contributed by atoms with Gasteiger partial charge in [0.25, 0.3) is 11.4 Å². The standard InChI is InChI=1S/C58H30B2N5O/c1-5-17-37-31(11-1)32-12-2-6-18-38(32)57(37)41-21-23-45-53-49(41)59-47-43(57)25-27-61-51(47)35-15-9-29-63(55(35)59)65(53)54-46(66-45)24-22-42-50(54)60-48-44(26-28-62-52(48)36-16-10-30-64(65)56(36)60)58(42)39-19-7-3-13-33(39)34-14-4-8-20-40(34)58/h1-30H/q+3. The summed E-state index contributed by atoms with van der Waals surface area (Å²) in [6, 6.07) is 59.8. The van der Waals surface area contributed by atoms with E-state index in [1.807, 2.05) is 0 Å². The summed E-state index contributed by atoms with van der Waals surface area (Å²) >= 11 is 0. The molecule has 11 heterocycles. The van der Waals surface area contributed by atoms with Crippen molar-refractivity contribution in [1.29, 1.82) is 0 Å². The predicted molar refractivity (Wildman–Crippen MR) is 256 cm³/mol. The molecule has 0 amide bonds. The van der Waals surface area contributed by atoms with Crippen LogP contribution in [0, 0.1) is 0 Å². The van der Waals surface area contributed by atoms with E-state index in [-0.39, 0.29) is 13.4 Å². The molecule has 6 aromatic carbocycles. The van der Waals surface area contributed by atoms with Crippen LogP contribution in [0.15, 0.2) is 183 Å². The molecule has 2 aliphatic carbocycles. The van der Waals surface area contributed by atoms with Gasteiger partial charge in [0.2, 0.25) is 35.1 Å². The van der Waals surface area contributed by atoms with Crippen molar-refractivity contribution in [2.75, 3.05) is 0 Å². The lowest BCUT2D eigenvalue weighted by Gasteiger charge is -2.46. The molecule has 0 unspecified atom stereocenters. The number of ether oxygens (including phenoxy) is 1. The number of aromatic nitrogens is 4. The van der Waals surface area contributed by atoms with Crippen molar-refractivity contribution in [3.63, 3.8) is 0 Å². The molecule has 0 radical (unpaired) electrons. The number of benzene rings is 6. The Kier molecular flexibility index (Phi) is 4.93. The molecular formula is C58H30B2N5O+3. The first-order chi connectivity index (χ1) is 32.8. The molecule has 7 aliphatic heterocycles. The second-order valence-corrected chi connectivity index (χ2v) is 19.5. The van der Waals surface area contributed by atoms with Crippen molar-refractivity contribution in [3.8, 4) is 56.3 Å². The molecule has 296 valence electrons. The Morgan fingerprint density at radius 3 is 1.18 bits per heavy atom. The lowest BCUT2D eigenvalue weighted by Crippen LogP contribution is -2.99. The third-order valence-electron chi connectivity index (χ3n) is 17.6. The summed E-state index contributed by atoms with van der Waals surface area (Å²) < 4.78 is 13.1. The lowest BCUT2D eigenvalue weighted by molar-refractivity contribution is -1.03. The van der Waals surface area contributed by atoms with Crippen molar-refractivity contribution >= 4 is 57.8 Å². The Morgan fingerprint density at radius 1 is 0.379 bits per heavy atom. The number of rotatable bonds is 0. The van der Waals surface area contributed by atoms with E-state index in [1.165, 1.54) is 122 Å². The van der Waals surface area contributed by atoms with Gasteiger partial charge in [-0.25, -0.2) is 0 Å². The maximum atomic E-state index is 7.55. The molecule has 0 atom stereocenters. The lowest BCUT2D eigenvalue weighted by atomic mass is 9.32. The monoisotopic (exact) mass is 834 g/mol. The fourth-order valence-corrected chi connectivity index (χ4v) is 15.9. The Morgan fingerprint density at radius 2 is 0.758 bits per heavy atom. The van der Waals surface area contributed by atoms with Crippen LogP contribution in [-0.4, -0.2) is 23.4 Å². The highest BCUT2D eigenvalue weighted by Crippen LogP contribution is 2.63. The van der Waals surface area contributed by atoms with E-state index in [2.05, 4.69) is 192 Å². The van der Waals surface area contributed by atoms with Crippen LogP contribution in [0.5, 0.6) is 11.5 Å². The van der Waals surface area contributed by atoms with Gasteiger partial charge in [0.15, 0.2) is 4.70 Å². The molecule has 8 heteroatoms. The molecule has 0 N–H and O–H groups in total. The first kappa shape index (κ1) is 32.5. The van der Waals surface area contributed by atoms with Crippen LogP contribution >= 0.6 is 0 Å². The quantitative estimate of drug-likeness (QED) is 0.112. The number of quaternary nitrogens is 1. The molecule has 9 aliphatic rings. The number of fused-ring (bicyclic) bond motifs is 16. The topological polar surface area (TPSA) is 42.8 Å². The summed E-state index contributed by atoms with van der Waals surface area (Å²) in [5.74, 6) is 1.78. The summed E-state index contributed by atoms with van der Waals surface area (Å²) in [6.07, 6.45) is 8.84. The Bertz CT molecular complexity index is 3800. The first-order valence-corrected chi connectivity index (χ1v) is 23.2. The Hall–Kier alpha value is -8.19. The summed E-state index contributed by atoms with van der Waals surface area (Å²) in [5.41, 5.74) is 29.4. The summed E-state index contributed by atoms with van der Waals surface area (Å²) in [4.78, 5) is 10.7. The maximum absolute atomic E-state index is 7.55.